The van der Waals surface area contributed by atoms with Crippen molar-refractivity contribution in [2.24, 2.45) is 0 Å². The maximum atomic E-state index is 12.6. The van der Waals surface area contributed by atoms with E-state index in [0.717, 1.165) is 38.7 Å². The summed E-state index contributed by atoms with van der Waals surface area (Å²) < 4.78 is 0. The molecule has 4 aromatic carbocycles. The third kappa shape index (κ3) is 4.11. The summed E-state index contributed by atoms with van der Waals surface area (Å²) in [5.74, 6) is -0.0497. The topological polar surface area (TPSA) is 42.0 Å². The molecule has 0 amide bonds. The summed E-state index contributed by atoms with van der Waals surface area (Å²) in [6.07, 6.45) is 3.37. The number of carbonyl (C=O) groups excluding carboxylic acids is 1. The maximum Gasteiger partial charge on any atom is 0.185 e. The number of aromatic nitrogens is 1. The molecule has 0 saturated carbocycles. The van der Waals surface area contributed by atoms with Gasteiger partial charge in [-0.2, -0.15) is 0 Å². The van der Waals surface area contributed by atoms with Crippen molar-refractivity contribution in [2.75, 3.05) is 5.32 Å². The minimum atomic E-state index is -0.0497. The first-order valence-electron chi connectivity index (χ1n) is 10.3. The van der Waals surface area contributed by atoms with Crippen LogP contribution < -0.4 is 5.32 Å². The van der Waals surface area contributed by atoms with Crippen LogP contribution in [-0.4, -0.2) is 10.8 Å². The van der Waals surface area contributed by atoms with Crippen molar-refractivity contribution < 1.29 is 4.79 Å². The number of benzene rings is 4. The highest BCUT2D eigenvalue weighted by atomic mass is 35.5. The summed E-state index contributed by atoms with van der Waals surface area (Å²) in [6, 6.07) is 31.1. The largest absolute Gasteiger partial charge is 0.354 e. The van der Waals surface area contributed by atoms with Crippen molar-refractivity contribution in [3.63, 3.8) is 0 Å². The molecule has 0 fully saturated rings. The van der Waals surface area contributed by atoms with Crippen molar-refractivity contribution >= 4 is 56.6 Å². The summed E-state index contributed by atoms with van der Waals surface area (Å²) in [6.45, 7) is 0. The molecule has 0 bridgehead atoms. The number of allylic oxidation sites excluding steroid dienone is 1. The number of fused-ring (bicyclic) bond motifs is 2. The van der Waals surface area contributed by atoms with Gasteiger partial charge in [-0.15, -0.1) is 0 Å². The Balaban J connectivity index is 1.42. The fourth-order valence-electron chi connectivity index (χ4n) is 3.68. The van der Waals surface area contributed by atoms with Crippen molar-refractivity contribution in [3.05, 3.63) is 119 Å². The first-order chi connectivity index (χ1) is 15.7. The van der Waals surface area contributed by atoms with Gasteiger partial charge in [0.1, 0.15) is 0 Å². The van der Waals surface area contributed by atoms with E-state index < -0.39 is 0 Å². The van der Waals surface area contributed by atoms with Gasteiger partial charge in [-0.3, -0.25) is 4.79 Å². The number of para-hydroxylation sites is 2. The zero-order chi connectivity index (χ0) is 21.9. The minimum Gasteiger partial charge on any atom is -0.354 e. The molecule has 0 atom stereocenters. The van der Waals surface area contributed by atoms with E-state index in [0.29, 0.717) is 10.6 Å². The van der Waals surface area contributed by atoms with Crippen LogP contribution in [0.1, 0.15) is 15.9 Å². The predicted octanol–water partition coefficient (Wildman–Crippen LogP) is 7.68. The normalized spacial score (nSPS) is 11.3. The molecule has 3 nitrogen and oxygen atoms in total. The average Bonchev–Trinajstić information content (AvgIpc) is 2.84. The monoisotopic (exact) mass is 434 g/mol. The summed E-state index contributed by atoms with van der Waals surface area (Å²) in [5, 5.41) is 6.32. The quantitative estimate of drug-likeness (QED) is 0.175. The van der Waals surface area contributed by atoms with Crippen LogP contribution in [0.2, 0.25) is 5.02 Å². The fraction of sp³-hybridized carbons (Fsp3) is 0. The number of nitrogens with zero attached hydrogens (tertiary/aromatic N) is 1. The molecule has 1 N–H and O–H groups in total. The second kappa shape index (κ2) is 8.66. The molecule has 32 heavy (non-hydrogen) atoms. The van der Waals surface area contributed by atoms with Crippen LogP contribution in [0.25, 0.3) is 27.9 Å². The van der Waals surface area contributed by atoms with Gasteiger partial charge in [-0.25, -0.2) is 4.98 Å². The number of pyridine rings is 1. The zero-order valence-corrected chi connectivity index (χ0v) is 17.9. The highest BCUT2D eigenvalue weighted by Crippen LogP contribution is 2.33. The number of hydrogen-bond acceptors (Lipinski definition) is 3. The van der Waals surface area contributed by atoms with Gasteiger partial charge < -0.3 is 5.32 Å². The molecule has 5 rings (SSSR count). The summed E-state index contributed by atoms with van der Waals surface area (Å²) in [5.41, 5.74) is 5.35. The number of hydrogen-bond donors (Lipinski definition) is 1. The molecular formula is C28H19ClN2O. The molecule has 1 aromatic heterocycles. The molecule has 5 aromatic rings. The first-order valence-corrected chi connectivity index (χ1v) is 10.7. The number of ketones is 1. The molecule has 1 heterocycles. The van der Waals surface area contributed by atoms with E-state index in [-0.39, 0.29) is 5.78 Å². The van der Waals surface area contributed by atoms with Crippen LogP contribution in [0.4, 0.5) is 11.4 Å². The zero-order valence-electron chi connectivity index (χ0n) is 17.1. The number of rotatable bonds is 5. The van der Waals surface area contributed by atoms with Crippen molar-refractivity contribution in [1.29, 1.82) is 0 Å². The van der Waals surface area contributed by atoms with E-state index in [2.05, 4.69) is 17.4 Å². The van der Waals surface area contributed by atoms with Crippen molar-refractivity contribution in [2.45, 2.75) is 0 Å². The van der Waals surface area contributed by atoms with Crippen LogP contribution in [0.5, 0.6) is 0 Å². The van der Waals surface area contributed by atoms with E-state index in [9.17, 15) is 4.79 Å². The van der Waals surface area contributed by atoms with E-state index >= 15 is 0 Å². The van der Waals surface area contributed by atoms with Crippen LogP contribution in [0.3, 0.4) is 0 Å². The van der Waals surface area contributed by atoms with Gasteiger partial charge in [0.15, 0.2) is 5.78 Å². The van der Waals surface area contributed by atoms with Crippen molar-refractivity contribution in [1.82, 2.24) is 4.98 Å². The molecular weight excluding hydrogens is 416 g/mol. The SMILES string of the molecule is O=C(/C=C/c1ccc(Cl)cc1)c1ccc(Nc2c3ccccc3nc3ccccc23)cc1. The molecule has 0 aliphatic heterocycles. The molecule has 0 aliphatic carbocycles. The van der Waals surface area contributed by atoms with Gasteiger partial charge in [-0.05, 0) is 60.2 Å². The molecule has 0 radical (unpaired) electrons. The standard InChI is InChI=1S/C28H19ClN2O/c29-21-14-9-19(10-15-21)11-18-27(32)20-12-16-22(17-13-20)30-28-23-5-1-3-7-25(23)31-26-8-4-2-6-24(26)28/h1-18H,(H,30,31)/b18-11+. The van der Waals surface area contributed by atoms with Gasteiger partial charge in [0.25, 0.3) is 0 Å². The lowest BCUT2D eigenvalue weighted by molar-refractivity contribution is 0.104. The summed E-state index contributed by atoms with van der Waals surface area (Å²) in [7, 11) is 0. The lowest BCUT2D eigenvalue weighted by atomic mass is 10.1. The Bertz CT molecular complexity index is 1400. The Morgan fingerprint density at radius 1 is 0.750 bits per heavy atom. The van der Waals surface area contributed by atoms with Gasteiger partial charge >= 0.3 is 0 Å². The second-order valence-corrected chi connectivity index (χ2v) is 7.91. The molecule has 0 spiro atoms. The highest BCUT2D eigenvalue weighted by molar-refractivity contribution is 6.30. The number of nitrogens with one attached hydrogen (secondary N) is 1. The Labute approximate surface area is 191 Å². The first kappa shape index (κ1) is 20.0. The molecule has 154 valence electrons. The number of halogens is 1. The summed E-state index contributed by atoms with van der Waals surface area (Å²) in [4.78, 5) is 17.3. The Hall–Kier alpha value is -3.95. The smallest absolute Gasteiger partial charge is 0.185 e. The van der Waals surface area contributed by atoms with E-state index in [1.54, 1.807) is 24.3 Å². The molecule has 0 unspecified atom stereocenters. The minimum absolute atomic E-state index is 0.0497. The van der Waals surface area contributed by atoms with Crippen LogP contribution in [-0.2, 0) is 0 Å². The Morgan fingerprint density at radius 2 is 1.34 bits per heavy atom. The van der Waals surface area contributed by atoms with Crippen LogP contribution in [0.15, 0.2) is 103 Å². The van der Waals surface area contributed by atoms with Crippen LogP contribution in [0, 0.1) is 0 Å². The predicted molar refractivity (Wildman–Crippen MR) is 134 cm³/mol. The van der Waals surface area contributed by atoms with Crippen molar-refractivity contribution in [3.8, 4) is 0 Å². The van der Waals surface area contributed by atoms with Gasteiger partial charge in [0.05, 0.1) is 16.7 Å². The molecule has 4 heteroatoms. The van der Waals surface area contributed by atoms with E-state index in [1.165, 1.54) is 0 Å². The van der Waals surface area contributed by atoms with Gasteiger partial charge in [-0.1, -0.05) is 66.2 Å². The number of anilines is 2. The third-order valence-electron chi connectivity index (χ3n) is 5.32. The van der Waals surface area contributed by atoms with E-state index in [4.69, 9.17) is 16.6 Å². The second-order valence-electron chi connectivity index (χ2n) is 7.47. The highest BCUT2D eigenvalue weighted by Gasteiger charge is 2.09. The maximum absolute atomic E-state index is 12.6. The number of carbonyl (C=O) groups is 1. The average molecular weight is 435 g/mol. The molecule has 0 saturated heterocycles. The van der Waals surface area contributed by atoms with E-state index in [1.807, 2.05) is 72.8 Å². The van der Waals surface area contributed by atoms with Gasteiger partial charge in [0, 0.05) is 27.0 Å². The fourth-order valence-corrected chi connectivity index (χ4v) is 3.80. The lowest BCUT2D eigenvalue weighted by Gasteiger charge is -2.13. The molecule has 0 aliphatic rings. The van der Waals surface area contributed by atoms with Crippen LogP contribution >= 0.6 is 11.6 Å². The van der Waals surface area contributed by atoms with Gasteiger partial charge in [0.2, 0.25) is 0 Å². The Kier molecular flexibility index (Phi) is 5.40. The Morgan fingerprint density at radius 3 is 1.97 bits per heavy atom. The summed E-state index contributed by atoms with van der Waals surface area (Å²) >= 11 is 5.91. The third-order valence-corrected chi connectivity index (χ3v) is 5.58. The lowest BCUT2D eigenvalue weighted by Crippen LogP contribution is -1.97.